The van der Waals surface area contributed by atoms with Crippen LogP contribution in [0.15, 0.2) is 48.5 Å². The highest BCUT2D eigenvalue weighted by atomic mass is 19.1. The summed E-state index contributed by atoms with van der Waals surface area (Å²) in [6.07, 6.45) is 0. The number of methoxy groups -OCH3 is 1. The van der Waals surface area contributed by atoms with Gasteiger partial charge in [-0.1, -0.05) is 6.07 Å². The monoisotopic (exact) mass is 330 g/mol. The molecule has 2 aromatic carbocycles. The predicted molar refractivity (Wildman–Crippen MR) is 89.8 cm³/mol. The van der Waals surface area contributed by atoms with Crippen LogP contribution < -0.4 is 15.0 Å². The van der Waals surface area contributed by atoms with Crippen molar-refractivity contribution >= 4 is 17.5 Å². The smallest absolute Gasteiger partial charge is 0.251 e. The van der Waals surface area contributed by atoms with Gasteiger partial charge in [-0.25, -0.2) is 4.39 Å². The fourth-order valence-corrected chi connectivity index (χ4v) is 2.23. The number of anilines is 1. The van der Waals surface area contributed by atoms with Crippen molar-refractivity contribution < 1.29 is 18.7 Å². The topological polar surface area (TPSA) is 58.6 Å². The maximum Gasteiger partial charge on any atom is 0.251 e. The van der Waals surface area contributed by atoms with Crippen molar-refractivity contribution in [3.63, 3.8) is 0 Å². The molecule has 2 aromatic rings. The summed E-state index contributed by atoms with van der Waals surface area (Å²) in [4.78, 5) is 25.4. The number of hydrogen-bond donors (Lipinski definition) is 1. The summed E-state index contributed by atoms with van der Waals surface area (Å²) in [6, 6.07) is 12.4. The Morgan fingerprint density at radius 1 is 1.17 bits per heavy atom. The number of nitrogens with one attached hydrogen (secondary N) is 1. The van der Waals surface area contributed by atoms with Crippen LogP contribution in [0.3, 0.4) is 0 Å². The first-order valence-electron chi connectivity index (χ1n) is 7.47. The second-order valence-corrected chi connectivity index (χ2v) is 5.13. The van der Waals surface area contributed by atoms with E-state index in [1.54, 1.807) is 36.3 Å². The number of hydrogen-bond acceptors (Lipinski definition) is 3. The van der Waals surface area contributed by atoms with Gasteiger partial charge in [0.1, 0.15) is 11.6 Å². The molecular weight excluding hydrogens is 311 g/mol. The standard InChI is InChI=1S/C18H19FN2O3/c1-13(22)21(16-4-3-5-17(12-16)24-2)11-10-20-18(23)14-6-8-15(19)9-7-14/h3-9,12H,10-11H2,1-2H3,(H,20,23). The van der Waals surface area contributed by atoms with E-state index in [1.807, 2.05) is 0 Å². The molecule has 0 aliphatic carbocycles. The molecule has 0 heterocycles. The summed E-state index contributed by atoms with van der Waals surface area (Å²) in [5.41, 5.74) is 1.06. The predicted octanol–water partition coefficient (Wildman–Crippen LogP) is 2.62. The van der Waals surface area contributed by atoms with Gasteiger partial charge in [-0.2, -0.15) is 0 Å². The third-order valence-corrected chi connectivity index (χ3v) is 3.47. The van der Waals surface area contributed by atoms with Crippen molar-refractivity contribution in [2.45, 2.75) is 6.92 Å². The van der Waals surface area contributed by atoms with Gasteiger partial charge in [0.25, 0.3) is 5.91 Å². The molecule has 1 N–H and O–H groups in total. The van der Waals surface area contributed by atoms with E-state index in [-0.39, 0.29) is 18.4 Å². The van der Waals surface area contributed by atoms with Crippen molar-refractivity contribution in [2.75, 3.05) is 25.1 Å². The van der Waals surface area contributed by atoms with Crippen LogP contribution in [0.2, 0.25) is 0 Å². The highest BCUT2D eigenvalue weighted by Crippen LogP contribution is 2.20. The minimum atomic E-state index is -0.396. The molecule has 0 radical (unpaired) electrons. The number of carbonyl (C=O) groups is 2. The van der Waals surface area contributed by atoms with Crippen molar-refractivity contribution in [3.05, 3.63) is 59.9 Å². The number of halogens is 1. The Hall–Kier alpha value is -2.89. The second-order valence-electron chi connectivity index (χ2n) is 5.13. The van der Waals surface area contributed by atoms with Gasteiger partial charge in [0.15, 0.2) is 0 Å². The van der Waals surface area contributed by atoms with Crippen LogP contribution in [0.25, 0.3) is 0 Å². The van der Waals surface area contributed by atoms with E-state index < -0.39 is 5.82 Å². The van der Waals surface area contributed by atoms with Gasteiger partial charge in [0.05, 0.1) is 7.11 Å². The molecule has 2 amide bonds. The van der Waals surface area contributed by atoms with Crippen molar-refractivity contribution in [2.24, 2.45) is 0 Å². The van der Waals surface area contributed by atoms with E-state index in [9.17, 15) is 14.0 Å². The Morgan fingerprint density at radius 3 is 2.50 bits per heavy atom. The van der Waals surface area contributed by atoms with Crippen LogP contribution in [0.5, 0.6) is 5.75 Å². The number of carbonyl (C=O) groups excluding carboxylic acids is 2. The van der Waals surface area contributed by atoms with Crippen LogP contribution in [-0.2, 0) is 4.79 Å². The third-order valence-electron chi connectivity index (χ3n) is 3.47. The average Bonchev–Trinajstić information content (AvgIpc) is 2.58. The summed E-state index contributed by atoms with van der Waals surface area (Å²) in [7, 11) is 1.56. The number of rotatable bonds is 6. The minimum absolute atomic E-state index is 0.140. The van der Waals surface area contributed by atoms with Crippen LogP contribution in [0.4, 0.5) is 10.1 Å². The van der Waals surface area contributed by atoms with Crippen molar-refractivity contribution in [1.29, 1.82) is 0 Å². The first-order chi connectivity index (χ1) is 11.5. The van der Waals surface area contributed by atoms with Crippen LogP contribution in [0.1, 0.15) is 17.3 Å². The number of benzene rings is 2. The molecular formula is C18H19FN2O3. The molecule has 0 aliphatic rings. The Labute approximate surface area is 140 Å². The molecule has 0 spiro atoms. The zero-order valence-electron chi connectivity index (χ0n) is 13.6. The molecule has 0 saturated carbocycles. The SMILES string of the molecule is COc1cccc(N(CCNC(=O)c2ccc(F)cc2)C(C)=O)c1. The van der Waals surface area contributed by atoms with E-state index in [0.29, 0.717) is 23.5 Å². The van der Waals surface area contributed by atoms with E-state index in [1.165, 1.54) is 31.2 Å². The lowest BCUT2D eigenvalue weighted by Gasteiger charge is -2.22. The van der Waals surface area contributed by atoms with Crippen LogP contribution >= 0.6 is 0 Å². The molecule has 0 aromatic heterocycles. The van der Waals surface area contributed by atoms with E-state index in [0.717, 1.165) is 0 Å². The van der Waals surface area contributed by atoms with Crippen molar-refractivity contribution in [1.82, 2.24) is 5.32 Å². The molecule has 5 nitrogen and oxygen atoms in total. The lowest BCUT2D eigenvalue weighted by molar-refractivity contribution is -0.116. The van der Waals surface area contributed by atoms with Gasteiger partial charge in [-0.3, -0.25) is 9.59 Å². The first-order valence-corrected chi connectivity index (χ1v) is 7.47. The highest BCUT2D eigenvalue weighted by Gasteiger charge is 2.13. The Bertz CT molecular complexity index is 716. The second kappa shape index (κ2) is 8.10. The summed E-state index contributed by atoms with van der Waals surface area (Å²) in [5.74, 6) is -0.204. The summed E-state index contributed by atoms with van der Waals surface area (Å²) in [6.45, 7) is 2.05. The normalized spacial score (nSPS) is 10.1. The Morgan fingerprint density at radius 2 is 1.88 bits per heavy atom. The number of ether oxygens (including phenoxy) is 1. The lowest BCUT2D eigenvalue weighted by Crippen LogP contribution is -2.37. The zero-order chi connectivity index (χ0) is 17.5. The molecule has 0 saturated heterocycles. The number of nitrogens with zero attached hydrogens (tertiary/aromatic N) is 1. The van der Waals surface area contributed by atoms with Gasteiger partial charge in [-0.05, 0) is 36.4 Å². The van der Waals surface area contributed by atoms with Gasteiger partial charge in [-0.15, -0.1) is 0 Å². The maximum absolute atomic E-state index is 12.9. The third kappa shape index (κ3) is 4.55. The zero-order valence-corrected chi connectivity index (χ0v) is 13.6. The summed E-state index contributed by atoms with van der Waals surface area (Å²) >= 11 is 0. The van der Waals surface area contributed by atoms with Gasteiger partial charge >= 0.3 is 0 Å². The van der Waals surface area contributed by atoms with Gasteiger partial charge in [0, 0.05) is 37.3 Å². The maximum atomic E-state index is 12.9. The molecule has 2 rings (SSSR count). The fraction of sp³-hybridized carbons (Fsp3) is 0.222. The Kier molecular flexibility index (Phi) is 5.89. The quantitative estimate of drug-likeness (QED) is 0.886. The minimum Gasteiger partial charge on any atom is -0.497 e. The largest absolute Gasteiger partial charge is 0.497 e. The molecule has 0 atom stereocenters. The molecule has 0 bridgehead atoms. The lowest BCUT2D eigenvalue weighted by atomic mass is 10.2. The van der Waals surface area contributed by atoms with Gasteiger partial charge < -0.3 is 15.0 Å². The van der Waals surface area contributed by atoms with E-state index >= 15 is 0 Å². The summed E-state index contributed by atoms with van der Waals surface area (Å²) < 4.78 is 18.0. The molecule has 0 aliphatic heterocycles. The Balaban J connectivity index is 1.97. The first kappa shape index (κ1) is 17.5. The molecule has 6 heteroatoms. The molecule has 126 valence electrons. The van der Waals surface area contributed by atoms with Crippen LogP contribution in [0, 0.1) is 5.82 Å². The molecule has 0 fully saturated rings. The molecule has 24 heavy (non-hydrogen) atoms. The summed E-state index contributed by atoms with van der Waals surface area (Å²) in [5, 5.41) is 2.72. The van der Waals surface area contributed by atoms with E-state index in [4.69, 9.17) is 4.74 Å². The van der Waals surface area contributed by atoms with E-state index in [2.05, 4.69) is 5.32 Å². The average molecular weight is 330 g/mol. The molecule has 0 unspecified atom stereocenters. The van der Waals surface area contributed by atoms with Crippen molar-refractivity contribution in [3.8, 4) is 5.75 Å². The number of amides is 2. The van der Waals surface area contributed by atoms with Gasteiger partial charge in [0.2, 0.25) is 5.91 Å². The highest BCUT2D eigenvalue weighted by molar-refractivity contribution is 5.94. The fourth-order valence-electron chi connectivity index (χ4n) is 2.23. The van der Waals surface area contributed by atoms with Crippen LogP contribution in [-0.4, -0.2) is 32.0 Å².